The first-order valence-electron chi connectivity index (χ1n) is 7.61. The minimum Gasteiger partial charge on any atom is -0.493 e. The third-order valence-electron chi connectivity index (χ3n) is 3.58. The Kier molecular flexibility index (Phi) is 4.68. The molecular formula is C19H16BrN3O. The van der Waals surface area contributed by atoms with Crippen LogP contribution in [0.25, 0.3) is 22.7 Å². The van der Waals surface area contributed by atoms with Crippen molar-refractivity contribution in [2.45, 2.75) is 13.8 Å². The minimum atomic E-state index is 0.486. The number of hydrogen-bond donors (Lipinski definition) is 1. The lowest BCUT2D eigenvalue weighted by Crippen LogP contribution is -1.92. The zero-order valence-electron chi connectivity index (χ0n) is 13.4. The number of hydrogen-bond acceptors (Lipinski definition) is 3. The average molecular weight is 382 g/mol. The van der Waals surface area contributed by atoms with Crippen molar-refractivity contribution in [2.75, 3.05) is 6.61 Å². The summed E-state index contributed by atoms with van der Waals surface area (Å²) >= 11 is 3.49. The Morgan fingerprint density at radius 1 is 1.33 bits per heavy atom. The zero-order valence-corrected chi connectivity index (χ0v) is 15.0. The fourth-order valence-electron chi connectivity index (χ4n) is 2.45. The van der Waals surface area contributed by atoms with Gasteiger partial charge < -0.3 is 9.72 Å². The molecule has 0 amide bonds. The van der Waals surface area contributed by atoms with Crippen LogP contribution in [0.3, 0.4) is 0 Å². The van der Waals surface area contributed by atoms with Crippen molar-refractivity contribution in [1.29, 1.82) is 5.26 Å². The van der Waals surface area contributed by atoms with E-state index in [1.165, 1.54) is 0 Å². The number of allylic oxidation sites excluding steroid dienone is 1. The van der Waals surface area contributed by atoms with Gasteiger partial charge in [0.05, 0.1) is 27.7 Å². The van der Waals surface area contributed by atoms with E-state index in [0.717, 1.165) is 32.4 Å². The molecule has 0 aliphatic heterocycles. The number of aryl methyl sites for hydroxylation is 1. The van der Waals surface area contributed by atoms with Gasteiger partial charge in [0.2, 0.25) is 0 Å². The minimum absolute atomic E-state index is 0.486. The van der Waals surface area contributed by atoms with Crippen LogP contribution >= 0.6 is 15.9 Å². The molecule has 1 aromatic heterocycles. The number of nitriles is 1. The van der Waals surface area contributed by atoms with Gasteiger partial charge in [-0.15, -0.1) is 0 Å². The van der Waals surface area contributed by atoms with Crippen molar-refractivity contribution in [3.8, 4) is 11.8 Å². The Hall–Kier alpha value is -2.58. The standard InChI is InChI=1S/C19H16BrN3O/c1-3-24-18-7-5-13(10-15(18)20)9-14(11-21)19-22-16-6-4-12(2)8-17(16)23-19/h4-10H,3H2,1-2H3,(H,22,23)/b14-9-. The Morgan fingerprint density at radius 3 is 2.88 bits per heavy atom. The SMILES string of the molecule is CCOc1ccc(/C=C(/C#N)c2nc3ccc(C)cc3[nH]2)cc1Br. The maximum Gasteiger partial charge on any atom is 0.149 e. The van der Waals surface area contributed by atoms with Crippen LogP contribution in [-0.2, 0) is 0 Å². The van der Waals surface area contributed by atoms with Crippen LogP contribution in [0, 0.1) is 18.3 Å². The van der Waals surface area contributed by atoms with E-state index in [0.29, 0.717) is 18.0 Å². The van der Waals surface area contributed by atoms with E-state index in [9.17, 15) is 5.26 Å². The highest BCUT2D eigenvalue weighted by molar-refractivity contribution is 9.10. The average Bonchev–Trinajstić information content (AvgIpc) is 2.98. The molecule has 0 atom stereocenters. The number of ether oxygens (including phenoxy) is 1. The summed E-state index contributed by atoms with van der Waals surface area (Å²) in [6, 6.07) is 13.9. The van der Waals surface area contributed by atoms with Crippen molar-refractivity contribution < 1.29 is 4.74 Å². The Morgan fingerprint density at radius 2 is 2.17 bits per heavy atom. The number of aromatic nitrogens is 2. The summed E-state index contributed by atoms with van der Waals surface area (Å²) in [5, 5.41) is 9.51. The summed E-state index contributed by atoms with van der Waals surface area (Å²) < 4.78 is 6.36. The topological polar surface area (TPSA) is 61.7 Å². The molecule has 0 unspecified atom stereocenters. The fourth-order valence-corrected chi connectivity index (χ4v) is 2.96. The molecule has 1 N–H and O–H groups in total. The van der Waals surface area contributed by atoms with Gasteiger partial charge in [0.1, 0.15) is 17.6 Å². The largest absolute Gasteiger partial charge is 0.493 e. The van der Waals surface area contributed by atoms with E-state index in [1.807, 2.05) is 56.3 Å². The van der Waals surface area contributed by atoms with Gasteiger partial charge in [-0.25, -0.2) is 4.98 Å². The predicted octanol–water partition coefficient (Wildman–Crippen LogP) is 5.10. The number of benzene rings is 2. The molecule has 0 radical (unpaired) electrons. The second kappa shape index (κ2) is 6.90. The van der Waals surface area contributed by atoms with Gasteiger partial charge in [0.15, 0.2) is 0 Å². The number of halogens is 1. The van der Waals surface area contributed by atoms with Crippen LogP contribution in [0.5, 0.6) is 5.75 Å². The molecule has 3 aromatic rings. The van der Waals surface area contributed by atoms with Crippen molar-refractivity contribution in [3.05, 3.63) is 57.8 Å². The third kappa shape index (κ3) is 3.34. The van der Waals surface area contributed by atoms with Crippen LogP contribution in [0.4, 0.5) is 0 Å². The molecule has 3 rings (SSSR count). The van der Waals surface area contributed by atoms with E-state index < -0.39 is 0 Å². The highest BCUT2D eigenvalue weighted by Gasteiger charge is 2.09. The first kappa shape index (κ1) is 16.3. The van der Waals surface area contributed by atoms with Crippen LogP contribution in [0.1, 0.15) is 23.9 Å². The molecule has 2 aromatic carbocycles. The third-order valence-corrected chi connectivity index (χ3v) is 4.20. The summed E-state index contributed by atoms with van der Waals surface area (Å²) in [4.78, 5) is 7.72. The monoisotopic (exact) mass is 381 g/mol. The maximum absolute atomic E-state index is 9.51. The fraction of sp³-hybridized carbons (Fsp3) is 0.158. The van der Waals surface area contributed by atoms with Crippen molar-refractivity contribution in [2.24, 2.45) is 0 Å². The van der Waals surface area contributed by atoms with Crippen molar-refractivity contribution in [1.82, 2.24) is 9.97 Å². The lowest BCUT2D eigenvalue weighted by Gasteiger charge is -2.06. The lowest BCUT2D eigenvalue weighted by molar-refractivity contribution is 0.338. The van der Waals surface area contributed by atoms with E-state index in [-0.39, 0.29) is 0 Å². The molecule has 0 bridgehead atoms. The molecule has 5 heteroatoms. The second-order valence-corrected chi connectivity index (χ2v) is 6.25. The summed E-state index contributed by atoms with van der Waals surface area (Å²) in [7, 11) is 0. The number of fused-ring (bicyclic) bond motifs is 1. The number of rotatable bonds is 4. The molecule has 0 spiro atoms. The van der Waals surface area contributed by atoms with Gasteiger partial charge in [-0.2, -0.15) is 5.26 Å². The number of aromatic amines is 1. The lowest BCUT2D eigenvalue weighted by atomic mass is 10.1. The first-order chi connectivity index (χ1) is 11.6. The molecule has 120 valence electrons. The summed E-state index contributed by atoms with van der Waals surface area (Å²) in [5.74, 6) is 1.36. The van der Waals surface area contributed by atoms with Gasteiger partial charge in [-0.1, -0.05) is 12.1 Å². The van der Waals surface area contributed by atoms with Gasteiger partial charge in [0, 0.05) is 0 Å². The van der Waals surface area contributed by atoms with E-state index in [1.54, 1.807) is 0 Å². The number of nitrogens with one attached hydrogen (secondary N) is 1. The predicted molar refractivity (Wildman–Crippen MR) is 99.6 cm³/mol. The summed E-state index contributed by atoms with van der Waals surface area (Å²) in [6.07, 6.45) is 1.81. The molecule has 0 saturated carbocycles. The molecule has 24 heavy (non-hydrogen) atoms. The summed E-state index contributed by atoms with van der Waals surface area (Å²) in [6.45, 7) is 4.57. The molecule has 0 aliphatic rings. The highest BCUT2D eigenvalue weighted by Crippen LogP contribution is 2.28. The molecule has 0 fully saturated rings. The Balaban J connectivity index is 1.99. The van der Waals surface area contributed by atoms with Gasteiger partial charge in [0.25, 0.3) is 0 Å². The van der Waals surface area contributed by atoms with E-state index in [2.05, 4.69) is 32.0 Å². The highest BCUT2D eigenvalue weighted by atomic mass is 79.9. The Labute approximate surface area is 148 Å². The zero-order chi connectivity index (χ0) is 17.1. The summed E-state index contributed by atoms with van der Waals surface area (Å²) in [5.41, 5.74) is 4.32. The molecule has 4 nitrogen and oxygen atoms in total. The van der Waals surface area contributed by atoms with Crippen LogP contribution in [0.2, 0.25) is 0 Å². The van der Waals surface area contributed by atoms with E-state index >= 15 is 0 Å². The molecular weight excluding hydrogens is 366 g/mol. The first-order valence-corrected chi connectivity index (χ1v) is 8.41. The normalized spacial score (nSPS) is 11.5. The molecule has 0 aliphatic carbocycles. The maximum atomic E-state index is 9.51. The van der Waals surface area contributed by atoms with Gasteiger partial charge in [-0.3, -0.25) is 0 Å². The number of H-pyrrole nitrogens is 1. The molecule has 0 saturated heterocycles. The molecule has 1 heterocycles. The second-order valence-electron chi connectivity index (χ2n) is 5.40. The Bertz CT molecular complexity index is 966. The van der Waals surface area contributed by atoms with Crippen LogP contribution in [-0.4, -0.2) is 16.6 Å². The van der Waals surface area contributed by atoms with Crippen molar-refractivity contribution in [3.63, 3.8) is 0 Å². The van der Waals surface area contributed by atoms with Gasteiger partial charge >= 0.3 is 0 Å². The number of nitrogens with zero attached hydrogens (tertiary/aromatic N) is 2. The smallest absolute Gasteiger partial charge is 0.149 e. The van der Waals surface area contributed by atoms with Gasteiger partial charge in [-0.05, 0) is 71.2 Å². The van der Waals surface area contributed by atoms with E-state index in [4.69, 9.17) is 4.74 Å². The van der Waals surface area contributed by atoms with Crippen molar-refractivity contribution >= 4 is 38.6 Å². The quantitative estimate of drug-likeness (QED) is 0.639. The number of imidazole rings is 1. The van der Waals surface area contributed by atoms with Crippen LogP contribution < -0.4 is 4.74 Å². The van der Waals surface area contributed by atoms with Crippen LogP contribution in [0.15, 0.2) is 40.9 Å².